The minimum Gasteiger partial charge on any atom is -0.370 e. The summed E-state index contributed by atoms with van der Waals surface area (Å²) in [5.74, 6) is 0.152. The highest BCUT2D eigenvalue weighted by molar-refractivity contribution is 7.91. The van der Waals surface area contributed by atoms with Crippen LogP contribution in [0.15, 0.2) is 29.2 Å². The second kappa shape index (κ2) is 7.27. The molecule has 0 aromatic heterocycles. The summed E-state index contributed by atoms with van der Waals surface area (Å²) in [4.78, 5) is 2.77. The first kappa shape index (κ1) is 16.3. The van der Waals surface area contributed by atoms with Gasteiger partial charge in [-0.05, 0) is 50.1 Å². The van der Waals surface area contributed by atoms with E-state index < -0.39 is 9.84 Å². The van der Waals surface area contributed by atoms with Gasteiger partial charge in [-0.25, -0.2) is 8.42 Å². The Bertz CT molecular complexity index is 540. The van der Waals surface area contributed by atoms with Crippen LogP contribution < -0.4 is 10.2 Å². The van der Waals surface area contributed by atoms with Crippen molar-refractivity contribution in [2.45, 2.75) is 44.0 Å². The Labute approximate surface area is 128 Å². The summed E-state index contributed by atoms with van der Waals surface area (Å²) >= 11 is 0. The van der Waals surface area contributed by atoms with E-state index in [1.165, 1.54) is 12.8 Å². The van der Waals surface area contributed by atoms with E-state index in [2.05, 4.69) is 17.1 Å². The third kappa shape index (κ3) is 4.20. The van der Waals surface area contributed by atoms with Crippen LogP contribution >= 0.6 is 0 Å². The molecule has 1 aromatic rings. The number of rotatable bonds is 6. The number of hydrogen-bond donors (Lipinski definition) is 1. The first-order valence-corrected chi connectivity index (χ1v) is 9.53. The van der Waals surface area contributed by atoms with Gasteiger partial charge >= 0.3 is 0 Å². The SMILES string of the molecule is CCCNC1CCCN(c2ccc(S(=O)(=O)CC)cc2)C1. The van der Waals surface area contributed by atoms with E-state index >= 15 is 0 Å². The number of piperidine rings is 1. The Hall–Kier alpha value is -1.07. The molecule has 1 aliphatic heterocycles. The van der Waals surface area contributed by atoms with Crippen molar-refractivity contribution in [3.63, 3.8) is 0 Å². The highest BCUT2D eigenvalue weighted by Crippen LogP contribution is 2.22. The summed E-state index contributed by atoms with van der Waals surface area (Å²) in [6.07, 6.45) is 3.55. The zero-order valence-electron chi connectivity index (χ0n) is 13.0. The smallest absolute Gasteiger partial charge is 0.178 e. The fourth-order valence-electron chi connectivity index (χ4n) is 2.76. The second-order valence-electron chi connectivity index (χ2n) is 5.64. The maximum Gasteiger partial charge on any atom is 0.178 e. The summed E-state index contributed by atoms with van der Waals surface area (Å²) in [6, 6.07) is 7.88. The lowest BCUT2D eigenvalue weighted by atomic mass is 10.0. The molecule has 1 atom stereocenters. The lowest BCUT2D eigenvalue weighted by molar-refractivity contribution is 0.423. The molecule has 1 unspecified atom stereocenters. The molecule has 1 saturated heterocycles. The molecule has 4 nitrogen and oxygen atoms in total. The van der Waals surface area contributed by atoms with Crippen molar-refractivity contribution in [3.05, 3.63) is 24.3 Å². The van der Waals surface area contributed by atoms with Gasteiger partial charge in [0.2, 0.25) is 0 Å². The predicted molar refractivity (Wildman–Crippen MR) is 87.7 cm³/mol. The van der Waals surface area contributed by atoms with Gasteiger partial charge in [-0.2, -0.15) is 0 Å². The first-order valence-electron chi connectivity index (χ1n) is 7.88. The van der Waals surface area contributed by atoms with E-state index in [9.17, 15) is 8.42 Å². The molecule has 0 aliphatic carbocycles. The lowest BCUT2D eigenvalue weighted by Crippen LogP contribution is -2.46. The molecule has 1 aliphatic rings. The van der Waals surface area contributed by atoms with Gasteiger partial charge in [-0.15, -0.1) is 0 Å². The van der Waals surface area contributed by atoms with E-state index in [-0.39, 0.29) is 5.75 Å². The van der Waals surface area contributed by atoms with Crippen LogP contribution in [0.5, 0.6) is 0 Å². The summed E-state index contributed by atoms with van der Waals surface area (Å²) in [6.45, 7) is 6.97. The second-order valence-corrected chi connectivity index (χ2v) is 7.91. The highest BCUT2D eigenvalue weighted by Gasteiger charge is 2.20. The van der Waals surface area contributed by atoms with E-state index in [1.54, 1.807) is 19.1 Å². The number of nitrogens with zero attached hydrogens (tertiary/aromatic N) is 1. The summed E-state index contributed by atoms with van der Waals surface area (Å²) in [5.41, 5.74) is 1.12. The van der Waals surface area contributed by atoms with E-state index in [4.69, 9.17) is 0 Å². The largest absolute Gasteiger partial charge is 0.370 e. The van der Waals surface area contributed by atoms with Crippen LogP contribution in [0.4, 0.5) is 5.69 Å². The molecule has 5 heteroatoms. The zero-order chi connectivity index (χ0) is 15.3. The molecule has 2 rings (SSSR count). The van der Waals surface area contributed by atoms with Crippen molar-refractivity contribution in [1.82, 2.24) is 5.32 Å². The molecule has 1 aromatic carbocycles. The topological polar surface area (TPSA) is 49.4 Å². The summed E-state index contributed by atoms with van der Waals surface area (Å²) < 4.78 is 23.7. The van der Waals surface area contributed by atoms with Gasteiger partial charge < -0.3 is 10.2 Å². The third-order valence-electron chi connectivity index (χ3n) is 4.05. The van der Waals surface area contributed by atoms with E-state index in [0.717, 1.165) is 31.7 Å². The minimum absolute atomic E-state index is 0.152. The molecule has 1 N–H and O–H groups in total. The fourth-order valence-corrected chi connectivity index (χ4v) is 3.64. The van der Waals surface area contributed by atoms with Crippen molar-refractivity contribution in [2.75, 3.05) is 30.3 Å². The van der Waals surface area contributed by atoms with Crippen LogP contribution in [0.1, 0.15) is 33.1 Å². The summed E-state index contributed by atoms with van der Waals surface area (Å²) in [5, 5.41) is 3.58. The standard InChI is InChI=1S/C16H26N2O2S/c1-3-11-17-14-6-5-12-18(13-14)15-7-9-16(10-8-15)21(19,20)4-2/h7-10,14,17H,3-6,11-13H2,1-2H3. The fraction of sp³-hybridized carbons (Fsp3) is 0.625. The van der Waals surface area contributed by atoms with Gasteiger partial charge in [-0.3, -0.25) is 0 Å². The van der Waals surface area contributed by atoms with Gasteiger partial charge in [0.15, 0.2) is 9.84 Å². The number of sulfone groups is 1. The van der Waals surface area contributed by atoms with Gasteiger partial charge in [0.05, 0.1) is 10.6 Å². The van der Waals surface area contributed by atoms with Crippen molar-refractivity contribution < 1.29 is 8.42 Å². The molecule has 0 radical (unpaired) electrons. The monoisotopic (exact) mass is 310 g/mol. The average molecular weight is 310 g/mol. The Morgan fingerprint density at radius 3 is 2.57 bits per heavy atom. The molecular weight excluding hydrogens is 284 g/mol. The molecule has 1 heterocycles. The average Bonchev–Trinajstić information content (AvgIpc) is 2.53. The Morgan fingerprint density at radius 1 is 1.24 bits per heavy atom. The van der Waals surface area contributed by atoms with Crippen molar-refractivity contribution in [1.29, 1.82) is 0 Å². The van der Waals surface area contributed by atoms with Crippen LogP contribution in [0.25, 0.3) is 0 Å². The summed E-state index contributed by atoms with van der Waals surface area (Å²) in [7, 11) is -3.10. The lowest BCUT2D eigenvalue weighted by Gasteiger charge is -2.35. The zero-order valence-corrected chi connectivity index (χ0v) is 13.8. The van der Waals surface area contributed by atoms with E-state index in [1.807, 2.05) is 12.1 Å². The van der Waals surface area contributed by atoms with Crippen LogP contribution in [-0.4, -0.2) is 39.8 Å². The van der Waals surface area contributed by atoms with E-state index in [0.29, 0.717) is 10.9 Å². The van der Waals surface area contributed by atoms with Gasteiger partial charge in [0.1, 0.15) is 0 Å². The first-order chi connectivity index (χ1) is 10.1. The molecule has 21 heavy (non-hydrogen) atoms. The molecular formula is C16H26N2O2S. The molecule has 0 amide bonds. The maximum absolute atomic E-state index is 11.8. The molecule has 0 saturated carbocycles. The maximum atomic E-state index is 11.8. The molecule has 0 spiro atoms. The van der Waals surface area contributed by atoms with Gasteiger partial charge in [0, 0.05) is 24.8 Å². The molecule has 0 bridgehead atoms. The quantitative estimate of drug-likeness (QED) is 0.877. The minimum atomic E-state index is -3.10. The Kier molecular flexibility index (Phi) is 5.65. The van der Waals surface area contributed by atoms with Crippen molar-refractivity contribution >= 4 is 15.5 Å². The van der Waals surface area contributed by atoms with Crippen LogP contribution in [0.2, 0.25) is 0 Å². The van der Waals surface area contributed by atoms with Crippen LogP contribution in [0.3, 0.4) is 0 Å². The van der Waals surface area contributed by atoms with Crippen molar-refractivity contribution in [3.8, 4) is 0 Å². The van der Waals surface area contributed by atoms with Gasteiger partial charge in [-0.1, -0.05) is 13.8 Å². The van der Waals surface area contributed by atoms with Crippen LogP contribution in [0, 0.1) is 0 Å². The number of anilines is 1. The highest BCUT2D eigenvalue weighted by atomic mass is 32.2. The Morgan fingerprint density at radius 2 is 1.95 bits per heavy atom. The van der Waals surface area contributed by atoms with Crippen LogP contribution in [-0.2, 0) is 9.84 Å². The Balaban J connectivity index is 2.04. The number of nitrogens with one attached hydrogen (secondary N) is 1. The van der Waals surface area contributed by atoms with Crippen molar-refractivity contribution in [2.24, 2.45) is 0 Å². The predicted octanol–water partition coefficient (Wildman–Crippen LogP) is 2.45. The number of benzene rings is 1. The third-order valence-corrected chi connectivity index (χ3v) is 5.80. The normalized spacial score (nSPS) is 19.7. The molecule has 118 valence electrons. The number of hydrogen-bond acceptors (Lipinski definition) is 4. The van der Waals surface area contributed by atoms with Gasteiger partial charge in [0.25, 0.3) is 0 Å². The molecule has 1 fully saturated rings.